The van der Waals surface area contributed by atoms with E-state index in [2.05, 4.69) is 19.2 Å². The highest BCUT2D eigenvalue weighted by molar-refractivity contribution is 5.94. The molecule has 2 amide bonds. The molecule has 1 N–H and O–H groups in total. The highest BCUT2D eigenvalue weighted by Crippen LogP contribution is 2.30. The number of rotatable bonds is 6. The number of para-hydroxylation sites is 1. The largest absolute Gasteiger partial charge is 0.455 e. The Kier molecular flexibility index (Phi) is 6.14. The van der Waals surface area contributed by atoms with Gasteiger partial charge in [0, 0.05) is 24.7 Å². The van der Waals surface area contributed by atoms with Crippen LogP contribution in [0, 0.1) is 5.92 Å². The lowest BCUT2D eigenvalue weighted by atomic mass is 10.0. The lowest BCUT2D eigenvalue weighted by Gasteiger charge is -2.23. The Bertz CT molecular complexity index is 710. The van der Waals surface area contributed by atoms with E-state index in [4.69, 9.17) is 4.74 Å². The monoisotopic (exact) mass is 372 g/mol. The standard InChI is InChI=1S/C21H28N2O4/c1-14(2)17-9-5-6-10-18(17)22-19(24)13-27-21(26)15-11-20(25)23(12-15)16-7-3-4-8-16/h5-6,9-10,14-16H,3-4,7-8,11-13H2,1-2H3,(H,22,24)/t15-/m1/s1. The Labute approximate surface area is 160 Å². The molecule has 27 heavy (non-hydrogen) atoms. The number of carbonyl (C=O) groups is 3. The molecule has 3 rings (SSSR count). The van der Waals surface area contributed by atoms with E-state index in [0.29, 0.717) is 6.54 Å². The van der Waals surface area contributed by atoms with Gasteiger partial charge in [-0.3, -0.25) is 14.4 Å². The molecule has 2 aliphatic rings. The Hall–Kier alpha value is -2.37. The third kappa shape index (κ3) is 4.67. The molecule has 1 heterocycles. The van der Waals surface area contributed by atoms with E-state index in [-0.39, 0.29) is 36.8 Å². The van der Waals surface area contributed by atoms with Crippen LogP contribution in [0.1, 0.15) is 57.4 Å². The molecule has 0 aromatic heterocycles. The summed E-state index contributed by atoms with van der Waals surface area (Å²) in [7, 11) is 0. The maximum atomic E-state index is 12.3. The maximum Gasteiger partial charge on any atom is 0.311 e. The molecule has 1 saturated carbocycles. The first kappa shape index (κ1) is 19.4. The molecular formula is C21H28N2O4. The van der Waals surface area contributed by atoms with Gasteiger partial charge in [-0.15, -0.1) is 0 Å². The third-order valence-electron chi connectivity index (χ3n) is 5.46. The van der Waals surface area contributed by atoms with E-state index in [9.17, 15) is 14.4 Å². The number of amides is 2. The second-order valence-corrected chi connectivity index (χ2v) is 7.78. The topological polar surface area (TPSA) is 75.7 Å². The summed E-state index contributed by atoms with van der Waals surface area (Å²) >= 11 is 0. The van der Waals surface area contributed by atoms with Crippen LogP contribution in [-0.4, -0.2) is 41.9 Å². The van der Waals surface area contributed by atoms with Crippen LogP contribution in [0.4, 0.5) is 5.69 Å². The molecule has 0 unspecified atom stereocenters. The number of likely N-dealkylation sites (tertiary alicyclic amines) is 1. The number of hydrogen-bond donors (Lipinski definition) is 1. The fourth-order valence-corrected chi connectivity index (χ4v) is 4.01. The Morgan fingerprint density at radius 3 is 2.63 bits per heavy atom. The highest BCUT2D eigenvalue weighted by Gasteiger charge is 2.39. The van der Waals surface area contributed by atoms with Gasteiger partial charge in [0.25, 0.3) is 5.91 Å². The third-order valence-corrected chi connectivity index (χ3v) is 5.46. The summed E-state index contributed by atoms with van der Waals surface area (Å²) in [5, 5.41) is 2.81. The molecule has 0 radical (unpaired) electrons. The summed E-state index contributed by atoms with van der Waals surface area (Å²) in [5.74, 6) is -0.993. The summed E-state index contributed by atoms with van der Waals surface area (Å²) in [6, 6.07) is 7.86. The van der Waals surface area contributed by atoms with Gasteiger partial charge in [-0.05, 0) is 30.4 Å². The molecule has 1 atom stereocenters. The van der Waals surface area contributed by atoms with Crippen molar-refractivity contribution in [1.82, 2.24) is 4.90 Å². The Morgan fingerprint density at radius 1 is 1.22 bits per heavy atom. The molecule has 1 aliphatic carbocycles. The van der Waals surface area contributed by atoms with Crippen LogP contribution in [-0.2, 0) is 19.1 Å². The van der Waals surface area contributed by atoms with Crippen LogP contribution in [0.15, 0.2) is 24.3 Å². The Morgan fingerprint density at radius 2 is 1.93 bits per heavy atom. The van der Waals surface area contributed by atoms with Crippen molar-refractivity contribution in [2.75, 3.05) is 18.5 Å². The van der Waals surface area contributed by atoms with E-state index in [1.807, 2.05) is 29.2 Å². The van der Waals surface area contributed by atoms with Crippen LogP contribution < -0.4 is 5.32 Å². The molecule has 1 aromatic carbocycles. The smallest absolute Gasteiger partial charge is 0.311 e. The number of nitrogens with zero attached hydrogens (tertiary/aromatic N) is 1. The molecular weight excluding hydrogens is 344 g/mol. The van der Waals surface area contributed by atoms with Crippen molar-refractivity contribution in [3.05, 3.63) is 29.8 Å². The maximum absolute atomic E-state index is 12.3. The summed E-state index contributed by atoms with van der Waals surface area (Å²) in [6.45, 7) is 4.19. The minimum atomic E-state index is -0.464. The SMILES string of the molecule is CC(C)c1ccccc1NC(=O)COC(=O)[C@@H]1CC(=O)N(C2CCCC2)C1. The number of anilines is 1. The van der Waals surface area contributed by atoms with Crippen molar-refractivity contribution in [3.63, 3.8) is 0 Å². The van der Waals surface area contributed by atoms with Gasteiger partial charge in [0.15, 0.2) is 6.61 Å². The molecule has 0 spiro atoms. The molecule has 6 heteroatoms. The fraction of sp³-hybridized carbons (Fsp3) is 0.571. The minimum Gasteiger partial charge on any atom is -0.455 e. The number of nitrogens with one attached hydrogen (secondary N) is 1. The van der Waals surface area contributed by atoms with Crippen molar-refractivity contribution in [2.45, 2.75) is 57.9 Å². The van der Waals surface area contributed by atoms with Crippen molar-refractivity contribution in [1.29, 1.82) is 0 Å². The van der Waals surface area contributed by atoms with Gasteiger partial charge in [-0.1, -0.05) is 44.9 Å². The molecule has 146 valence electrons. The first-order valence-electron chi connectivity index (χ1n) is 9.80. The van der Waals surface area contributed by atoms with Gasteiger partial charge < -0.3 is 15.0 Å². The summed E-state index contributed by atoms with van der Waals surface area (Å²) in [6.07, 6.45) is 4.51. The van der Waals surface area contributed by atoms with E-state index in [0.717, 1.165) is 36.9 Å². The van der Waals surface area contributed by atoms with Crippen molar-refractivity contribution >= 4 is 23.5 Å². The highest BCUT2D eigenvalue weighted by atomic mass is 16.5. The lowest BCUT2D eigenvalue weighted by Crippen LogP contribution is -2.35. The van der Waals surface area contributed by atoms with Gasteiger partial charge in [-0.2, -0.15) is 0 Å². The molecule has 0 bridgehead atoms. The van der Waals surface area contributed by atoms with Gasteiger partial charge in [0.05, 0.1) is 5.92 Å². The van der Waals surface area contributed by atoms with E-state index in [1.165, 1.54) is 0 Å². The zero-order chi connectivity index (χ0) is 19.4. The normalized spacial score (nSPS) is 20.3. The number of carbonyl (C=O) groups excluding carboxylic acids is 3. The summed E-state index contributed by atoms with van der Waals surface area (Å²) in [5.41, 5.74) is 1.77. The quantitative estimate of drug-likeness (QED) is 0.779. The second kappa shape index (κ2) is 8.55. The average Bonchev–Trinajstić information content (AvgIpc) is 3.29. The average molecular weight is 372 g/mol. The van der Waals surface area contributed by atoms with Crippen molar-refractivity contribution in [2.24, 2.45) is 5.92 Å². The lowest BCUT2D eigenvalue weighted by molar-refractivity contribution is -0.151. The molecule has 6 nitrogen and oxygen atoms in total. The van der Waals surface area contributed by atoms with E-state index < -0.39 is 11.9 Å². The van der Waals surface area contributed by atoms with Crippen LogP contribution in [0.25, 0.3) is 0 Å². The number of benzene rings is 1. The second-order valence-electron chi connectivity index (χ2n) is 7.78. The zero-order valence-electron chi connectivity index (χ0n) is 16.1. The molecule has 2 fully saturated rings. The van der Waals surface area contributed by atoms with E-state index >= 15 is 0 Å². The zero-order valence-corrected chi connectivity index (χ0v) is 16.1. The van der Waals surface area contributed by atoms with Crippen LogP contribution in [0.5, 0.6) is 0 Å². The minimum absolute atomic E-state index is 0.0270. The van der Waals surface area contributed by atoms with Gasteiger partial charge in [0.1, 0.15) is 0 Å². The van der Waals surface area contributed by atoms with Crippen LogP contribution in [0.3, 0.4) is 0 Å². The summed E-state index contributed by atoms with van der Waals surface area (Å²) in [4.78, 5) is 38.5. The van der Waals surface area contributed by atoms with Crippen molar-refractivity contribution in [3.8, 4) is 0 Å². The predicted octanol–water partition coefficient (Wildman–Crippen LogP) is 3.08. The fourth-order valence-electron chi connectivity index (χ4n) is 4.01. The number of esters is 1. The van der Waals surface area contributed by atoms with Gasteiger partial charge >= 0.3 is 5.97 Å². The molecule has 1 aliphatic heterocycles. The first-order chi connectivity index (χ1) is 13.0. The summed E-state index contributed by atoms with van der Waals surface area (Å²) < 4.78 is 5.19. The predicted molar refractivity (Wildman–Crippen MR) is 102 cm³/mol. The van der Waals surface area contributed by atoms with Crippen LogP contribution >= 0.6 is 0 Å². The van der Waals surface area contributed by atoms with Gasteiger partial charge in [0.2, 0.25) is 5.91 Å². The van der Waals surface area contributed by atoms with Crippen molar-refractivity contribution < 1.29 is 19.1 Å². The first-order valence-corrected chi connectivity index (χ1v) is 9.80. The Balaban J connectivity index is 1.49. The number of ether oxygens (including phenoxy) is 1. The molecule has 1 saturated heterocycles. The number of hydrogen-bond acceptors (Lipinski definition) is 4. The van der Waals surface area contributed by atoms with Crippen LogP contribution in [0.2, 0.25) is 0 Å². The molecule has 1 aromatic rings. The van der Waals surface area contributed by atoms with E-state index in [1.54, 1.807) is 0 Å². The van der Waals surface area contributed by atoms with Gasteiger partial charge in [-0.25, -0.2) is 0 Å².